The normalized spacial score (nSPS) is 22.4. The van der Waals surface area contributed by atoms with Gasteiger partial charge in [0.05, 0.1) is 29.2 Å². The van der Waals surface area contributed by atoms with Gasteiger partial charge in [0.1, 0.15) is 12.1 Å². The minimum Gasteiger partial charge on any atom is -0.367 e. The number of aryl methyl sites for hydroxylation is 1. The quantitative estimate of drug-likeness (QED) is 0.788. The number of anilines is 1. The van der Waals surface area contributed by atoms with Gasteiger partial charge in [0.2, 0.25) is 0 Å². The Bertz CT molecular complexity index is 626. The average Bonchev–Trinajstić information content (AvgIpc) is 2.79. The Morgan fingerprint density at radius 1 is 1.45 bits per heavy atom. The van der Waals surface area contributed by atoms with Crippen LogP contribution in [0.25, 0.3) is 11.0 Å². The largest absolute Gasteiger partial charge is 0.367 e. The molecule has 2 aromatic heterocycles. The predicted molar refractivity (Wildman–Crippen MR) is 78.2 cm³/mol. The summed E-state index contributed by atoms with van der Waals surface area (Å²) in [5, 5.41) is 5.22. The number of rotatable bonds is 2. The minimum absolute atomic E-state index is 0.00195. The summed E-state index contributed by atoms with van der Waals surface area (Å²) >= 11 is 5.98. The van der Waals surface area contributed by atoms with Crippen LogP contribution in [0.5, 0.6) is 0 Å². The van der Waals surface area contributed by atoms with E-state index in [2.05, 4.69) is 33.8 Å². The molecule has 0 bridgehead atoms. The summed E-state index contributed by atoms with van der Waals surface area (Å²) in [4.78, 5) is 10.9. The van der Waals surface area contributed by atoms with Crippen LogP contribution in [-0.4, -0.2) is 50.4 Å². The third-order valence-corrected chi connectivity index (χ3v) is 3.81. The maximum absolute atomic E-state index is 5.98. The molecular formula is C13H18ClN5O. The van der Waals surface area contributed by atoms with Crippen molar-refractivity contribution in [1.82, 2.24) is 19.7 Å². The van der Waals surface area contributed by atoms with Gasteiger partial charge in [-0.25, -0.2) is 9.97 Å². The van der Waals surface area contributed by atoms with Gasteiger partial charge in [-0.1, -0.05) is 0 Å². The number of halogens is 1. The molecule has 1 aliphatic rings. The molecule has 1 saturated heterocycles. The fraction of sp³-hybridized carbons (Fsp3) is 0.615. The predicted octanol–water partition coefficient (Wildman–Crippen LogP) is 1.59. The Hall–Kier alpha value is -1.40. The van der Waals surface area contributed by atoms with Gasteiger partial charge in [-0.05, 0) is 13.8 Å². The molecule has 20 heavy (non-hydrogen) atoms. The zero-order valence-corrected chi connectivity index (χ0v) is 12.6. The van der Waals surface area contributed by atoms with Gasteiger partial charge < -0.3 is 9.64 Å². The van der Waals surface area contributed by atoms with Crippen molar-refractivity contribution in [3.63, 3.8) is 0 Å². The van der Waals surface area contributed by atoms with Crippen molar-refractivity contribution >= 4 is 28.5 Å². The summed E-state index contributed by atoms with van der Waals surface area (Å²) in [5.74, 6) is 1.37. The van der Waals surface area contributed by atoms with E-state index in [1.807, 2.05) is 13.2 Å². The summed E-state index contributed by atoms with van der Waals surface area (Å²) in [6, 6.07) is 0. The molecular weight excluding hydrogens is 278 g/mol. The van der Waals surface area contributed by atoms with Crippen LogP contribution in [0.4, 0.5) is 5.82 Å². The van der Waals surface area contributed by atoms with Crippen molar-refractivity contribution in [3.8, 4) is 0 Å². The van der Waals surface area contributed by atoms with E-state index in [9.17, 15) is 0 Å². The molecule has 0 aliphatic carbocycles. The maximum atomic E-state index is 5.98. The molecule has 1 aliphatic heterocycles. The number of nitrogens with zero attached hydrogens (tertiary/aromatic N) is 5. The van der Waals surface area contributed by atoms with Crippen molar-refractivity contribution in [1.29, 1.82) is 0 Å². The van der Waals surface area contributed by atoms with Gasteiger partial charge in [0, 0.05) is 20.1 Å². The summed E-state index contributed by atoms with van der Waals surface area (Å²) in [5.41, 5.74) is 0.582. The van der Waals surface area contributed by atoms with E-state index in [1.54, 1.807) is 11.0 Å². The molecule has 0 amide bonds. The molecule has 1 atom stereocenters. The van der Waals surface area contributed by atoms with Crippen molar-refractivity contribution in [2.24, 2.45) is 7.05 Å². The molecule has 1 unspecified atom stereocenters. The highest BCUT2D eigenvalue weighted by atomic mass is 35.5. The average molecular weight is 296 g/mol. The number of aromatic nitrogens is 4. The Morgan fingerprint density at radius 3 is 3.00 bits per heavy atom. The molecule has 0 aromatic carbocycles. The molecule has 0 radical (unpaired) electrons. The van der Waals surface area contributed by atoms with Crippen molar-refractivity contribution < 1.29 is 4.74 Å². The van der Waals surface area contributed by atoms with Crippen LogP contribution >= 0.6 is 11.6 Å². The van der Waals surface area contributed by atoms with E-state index in [1.165, 1.54) is 0 Å². The van der Waals surface area contributed by atoms with Crippen LogP contribution in [0.15, 0.2) is 12.5 Å². The standard InChI is InChI=1S/C13H18ClN5O/c1-13(2)7-19(6-9(4-14)20-13)12-10-5-17-18(3)11(10)15-8-16-12/h5,8-9H,4,6-7H2,1-3H3. The lowest BCUT2D eigenvalue weighted by molar-refractivity contribution is -0.0735. The van der Waals surface area contributed by atoms with Crippen LogP contribution in [0, 0.1) is 0 Å². The van der Waals surface area contributed by atoms with Crippen LogP contribution in [0.1, 0.15) is 13.8 Å². The van der Waals surface area contributed by atoms with Gasteiger partial charge >= 0.3 is 0 Å². The molecule has 1 fully saturated rings. The van der Waals surface area contributed by atoms with Gasteiger partial charge in [-0.15, -0.1) is 11.6 Å². The SMILES string of the molecule is Cn1ncc2c(N3CC(CCl)OC(C)(C)C3)ncnc21. The summed E-state index contributed by atoms with van der Waals surface area (Å²) in [7, 11) is 1.88. The molecule has 3 heterocycles. The van der Waals surface area contributed by atoms with E-state index in [-0.39, 0.29) is 11.7 Å². The van der Waals surface area contributed by atoms with Crippen molar-refractivity contribution in [3.05, 3.63) is 12.5 Å². The second-order valence-electron chi connectivity index (χ2n) is 5.74. The lowest BCUT2D eigenvalue weighted by Crippen LogP contribution is -2.53. The summed E-state index contributed by atoms with van der Waals surface area (Å²) < 4.78 is 7.71. The number of alkyl halides is 1. The van der Waals surface area contributed by atoms with E-state index in [0.29, 0.717) is 5.88 Å². The highest BCUT2D eigenvalue weighted by molar-refractivity contribution is 6.18. The van der Waals surface area contributed by atoms with E-state index in [4.69, 9.17) is 16.3 Å². The van der Waals surface area contributed by atoms with Crippen LogP contribution in [0.3, 0.4) is 0 Å². The number of hydrogen-bond acceptors (Lipinski definition) is 5. The van der Waals surface area contributed by atoms with Gasteiger partial charge in [0.15, 0.2) is 5.65 Å². The Morgan fingerprint density at radius 2 is 2.25 bits per heavy atom. The van der Waals surface area contributed by atoms with Crippen LogP contribution < -0.4 is 4.90 Å². The molecule has 7 heteroatoms. The topological polar surface area (TPSA) is 56.1 Å². The van der Waals surface area contributed by atoms with Crippen molar-refractivity contribution in [2.75, 3.05) is 23.9 Å². The van der Waals surface area contributed by atoms with E-state index in [0.717, 1.165) is 29.9 Å². The first-order chi connectivity index (χ1) is 9.50. The smallest absolute Gasteiger partial charge is 0.163 e. The summed E-state index contributed by atoms with van der Waals surface area (Å²) in [6.45, 7) is 5.63. The third kappa shape index (κ3) is 2.33. The molecule has 0 saturated carbocycles. The van der Waals surface area contributed by atoms with Crippen molar-refractivity contribution in [2.45, 2.75) is 25.6 Å². The monoisotopic (exact) mass is 295 g/mol. The van der Waals surface area contributed by atoms with E-state index >= 15 is 0 Å². The first-order valence-corrected chi connectivity index (χ1v) is 7.15. The van der Waals surface area contributed by atoms with Gasteiger partial charge in [-0.2, -0.15) is 5.10 Å². The Labute approximate surface area is 122 Å². The number of ether oxygens (including phenoxy) is 1. The Kier molecular flexibility index (Phi) is 3.30. The molecule has 3 rings (SSSR count). The third-order valence-electron chi connectivity index (χ3n) is 3.46. The van der Waals surface area contributed by atoms with Gasteiger partial charge in [0.25, 0.3) is 0 Å². The summed E-state index contributed by atoms with van der Waals surface area (Å²) in [6.07, 6.45) is 3.39. The fourth-order valence-electron chi connectivity index (χ4n) is 2.74. The maximum Gasteiger partial charge on any atom is 0.163 e. The second-order valence-corrected chi connectivity index (χ2v) is 6.05. The zero-order valence-electron chi connectivity index (χ0n) is 11.9. The number of fused-ring (bicyclic) bond motifs is 1. The van der Waals surface area contributed by atoms with E-state index < -0.39 is 0 Å². The Balaban J connectivity index is 2.01. The molecule has 0 N–H and O–H groups in total. The second kappa shape index (κ2) is 4.86. The first-order valence-electron chi connectivity index (χ1n) is 6.61. The van der Waals surface area contributed by atoms with Gasteiger partial charge in [-0.3, -0.25) is 4.68 Å². The lowest BCUT2D eigenvalue weighted by atomic mass is 10.1. The fourth-order valence-corrected chi connectivity index (χ4v) is 2.90. The van der Waals surface area contributed by atoms with Crippen LogP contribution in [0.2, 0.25) is 0 Å². The minimum atomic E-state index is -0.253. The molecule has 6 nitrogen and oxygen atoms in total. The molecule has 108 valence electrons. The highest BCUT2D eigenvalue weighted by Gasteiger charge is 2.34. The number of morpholine rings is 1. The lowest BCUT2D eigenvalue weighted by Gasteiger charge is -2.42. The highest BCUT2D eigenvalue weighted by Crippen LogP contribution is 2.29. The molecule has 0 spiro atoms. The first kappa shape index (κ1) is 13.6. The molecule has 2 aromatic rings. The zero-order chi connectivity index (χ0) is 14.3. The number of hydrogen-bond donors (Lipinski definition) is 0. The van der Waals surface area contributed by atoms with Crippen LogP contribution in [-0.2, 0) is 11.8 Å².